The summed E-state index contributed by atoms with van der Waals surface area (Å²) in [6.07, 6.45) is 0.770. The third-order valence-electron chi connectivity index (χ3n) is 3.84. The van der Waals surface area contributed by atoms with Gasteiger partial charge in [-0.25, -0.2) is 4.39 Å². The molecule has 122 valence electrons. The van der Waals surface area contributed by atoms with E-state index in [0.29, 0.717) is 10.2 Å². The van der Waals surface area contributed by atoms with E-state index < -0.39 is 0 Å². The Hall–Kier alpha value is -1.34. The van der Waals surface area contributed by atoms with Crippen molar-refractivity contribution < 1.29 is 9.18 Å². The third-order valence-corrected chi connectivity index (χ3v) is 5.77. The third kappa shape index (κ3) is 3.30. The zero-order valence-corrected chi connectivity index (χ0v) is 15.2. The van der Waals surface area contributed by atoms with Crippen LogP contribution >= 0.6 is 27.7 Å². The van der Waals surface area contributed by atoms with Gasteiger partial charge in [0.25, 0.3) is 5.91 Å². The summed E-state index contributed by atoms with van der Waals surface area (Å²) in [5.74, 6) is 0.586. The summed E-state index contributed by atoms with van der Waals surface area (Å²) in [6, 6.07) is 4.54. The van der Waals surface area contributed by atoms with Gasteiger partial charge in [-0.1, -0.05) is 13.8 Å². The van der Waals surface area contributed by atoms with Crippen molar-refractivity contribution in [3.63, 3.8) is 0 Å². The van der Waals surface area contributed by atoms with Gasteiger partial charge in [0.15, 0.2) is 5.69 Å². The highest BCUT2D eigenvalue weighted by molar-refractivity contribution is 9.10. The zero-order valence-electron chi connectivity index (χ0n) is 12.8. The lowest BCUT2D eigenvalue weighted by atomic mass is 10.0. The Morgan fingerprint density at radius 1 is 1.52 bits per heavy atom. The molecule has 1 aliphatic heterocycles. The van der Waals surface area contributed by atoms with Gasteiger partial charge in [0.05, 0.1) is 16.2 Å². The molecule has 1 amide bonds. The minimum atomic E-state index is -0.284. The Morgan fingerprint density at radius 3 is 3.00 bits per heavy atom. The largest absolute Gasteiger partial charge is 0.344 e. The van der Waals surface area contributed by atoms with Crippen LogP contribution in [0, 0.1) is 5.82 Å². The molecule has 0 spiro atoms. The quantitative estimate of drug-likeness (QED) is 0.806. The lowest BCUT2D eigenvalue weighted by molar-refractivity contribution is 0.0929. The number of carbonyl (C=O) groups excluding carboxylic acids is 1. The first-order valence-corrected chi connectivity index (χ1v) is 9.22. The van der Waals surface area contributed by atoms with Crippen molar-refractivity contribution in [1.29, 1.82) is 0 Å². The number of aromatic amines is 1. The van der Waals surface area contributed by atoms with Gasteiger partial charge in [-0.15, -0.1) is 11.8 Å². The molecule has 1 aliphatic rings. The number of thioether (sulfide) groups is 1. The number of hydrogen-bond donors (Lipinski definition) is 2. The monoisotopic (exact) mass is 397 g/mol. The summed E-state index contributed by atoms with van der Waals surface area (Å²) in [5, 5.41) is 9.99. The van der Waals surface area contributed by atoms with Crippen LogP contribution in [0.15, 0.2) is 27.6 Å². The molecule has 4 nitrogen and oxygen atoms in total. The molecule has 0 saturated carbocycles. The van der Waals surface area contributed by atoms with Gasteiger partial charge in [-0.3, -0.25) is 9.89 Å². The second kappa shape index (κ2) is 6.65. The van der Waals surface area contributed by atoms with E-state index in [1.165, 1.54) is 12.1 Å². The maximum absolute atomic E-state index is 13.5. The lowest BCUT2D eigenvalue weighted by Gasteiger charge is -2.25. The first-order chi connectivity index (χ1) is 11.0. The van der Waals surface area contributed by atoms with Crippen LogP contribution < -0.4 is 5.32 Å². The number of nitrogens with one attached hydrogen (secondary N) is 2. The van der Waals surface area contributed by atoms with E-state index in [9.17, 15) is 9.18 Å². The van der Waals surface area contributed by atoms with Crippen molar-refractivity contribution in [1.82, 2.24) is 15.5 Å². The van der Waals surface area contributed by atoms with Crippen LogP contribution in [0.5, 0.6) is 0 Å². The van der Waals surface area contributed by atoms with Gasteiger partial charge in [-0.05, 0) is 52.0 Å². The highest BCUT2D eigenvalue weighted by Gasteiger charge is 2.26. The smallest absolute Gasteiger partial charge is 0.273 e. The van der Waals surface area contributed by atoms with Crippen LogP contribution in [0.25, 0.3) is 0 Å². The standard InChI is InChI=1S/C16H17BrFN3OS/c1-8(2)14-13(17)15(21-20-14)16(22)19-11-5-6-23-12-4-3-9(18)7-10(11)12/h3-4,7-8,11H,5-6H2,1-2H3,(H,19,22)(H,20,21). The highest BCUT2D eigenvalue weighted by atomic mass is 79.9. The summed E-state index contributed by atoms with van der Waals surface area (Å²) < 4.78 is 14.2. The number of benzene rings is 1. The fourth-order valence-electron chi connectivity index (χ4n) is 2.62. The summed E-state index contributed by atoms with van der Waals surface area (Å²) in [6.45, 7) is 4.05. The molecule has 2 aromatic rings. The molecule has 1 aromatic carbocycles. The van der Waals surface area contributed by atoms with E-state index in [0.717, 1.165) is 28.3 Å². The SMILES string of the molecule is CC(C)c1[nH]nc(C(=O)NC2CCSc3ccc(F)cc32)c1Br. The second-order valence-corrected chi connectivity index (χ2v) is 7.73. The van der Waals surface area contributed by atoms with Crippen LogP contribution in [-0.2, 0) is 0 Å². The molecule has 23 heavy (non-hydrogen) atoms. The number of fused-ring (bicyclic) bond motifs is 1. The van der Waals surface area contributed by atoms with Crippen molar-refractivity contribution in [2.24, 2.45) is 0 Å². The van der Waals surface area contributed by atoms with Crippen LogP contribution in [0.3, 0.4) is 0 Å². The molecule has 7 heteroatoms. The normalized spacial score (nSPS) is 17.2. The fraction of sp³-hybridized carbons (Fsp3) is 0.375. The first kappa shape index (κ1) is 16.5. The minimum absolute atomic E-state index is 0.194. The maximum Gasteiger partial charge on any atom is 0.273 e. The molecule has 1 atom stereocenters. The molecule has 0 radical (unpaired) electrons. The van der Waals surface area contributed by atoms with Gasteiger partial charge in [-0.2, -0.15) is 5.10 Å². The van der Waals surface area contributed by atoms with Crippen molar-refractivity contribution in [3.8, 4) is 0 Å². The Morgan fingerprint density at radius 2 is 2.30 bits per heavy atom. The predicted molar refractivity (Wildman–Crippen MR) is 92.3 cm³/mol. The topological polar surface area (TPSA) is 57.8 Å². The fourth-order valence-corrected chi connectivity index (χ4v) is 4.54. The van der Waals surface area contributed by atoms with Crippen LogP contribution in [-0.4, -0.2) is 21.9 Å². The number of aromatic nitrogens is 2. The minimum Gasteiger partial charge on any atom is -0.344 e. The van der Waals surface area contributed by atoms with Gasteiger partial charge in [0.1, 0.15) is 5.82 Å². The predicted octanol–water partition coefficient (Wildman–Crippen LogP) is 4.40. The van der Waals surface area contributed by atoms with E-state index in [4.69, 9.17) is 0 Å². The number of hydrogen-bond acceptors (Lipinski definition) is 3. The molecule has 0 saturated heterocycles. The first-order valence-electron chi connectivity index (χ1n) is 7.44. The molecule has 0 aliphatic carbocycles. The zero-order chi connectivity index (χ0) is 16.6. The van der Waals surface area contributed by atoms with Crippen molar-refractivity contribution in [3.05, 3.63) is 45.4 Å². The molecule has 1 aromatic heterocycles. The molecule has 0 bridgehead atoms. The van der Waals surface area contributed by atoms with Gasteiger partial charge < -0.3 is 5.32 Å². The van der Waals surface area contributed by atoms with Gasteiger partial charge in [0, 0.05) is 10.6 Å². The van der Waals surface area contributed by atoms with E-state index in [1.807, 2.05) is 13.8 Å². The summed E-state index contributed by atoms with van der Waals surface area (Å²) in [4.78, 5) is 13.6. The van der Waals surface area contributed by atoms with Crippen LogP contribution in [0.4, 0.5) is 4.39 Å². The molecule has 2 heterocycles. The molecular formula is C16H17BrFN3OS. The summed E-state index contributed by atoms with van der Waals surface area (Å²) in [5.41, 5.74) is 2.07. The van der Waals surface area contributed by atoms with Crippen molar-refractivity contribution >= 4 is 33.6 Å². The Kier molecular flexibility index (Phi) is 4.77. The summed E-state index contributed by atoms with van der Waals surface area (Å²) >= 11 is 5.13. The number of halogens is 2. The van der Waals surface area contributed by atoms with Crippen LogP contribution in [0.1, 0.15) is 54.0 Å². The highest BCUT2D eigenvalue weighted by Crippen LogP contribution is 2.37. The van der Waals surface area contributed by atoms with E-state index >= 15 is 0 Å². The number of H-pyrrole nitrogens is 1. The molecule has 3 rings (SSSR count). The average molecular weight is 398 g/mol. The maximum atomic E-state index is 13.5. The van der Waals surface area contributed by atoms with Crippen molar-refractivity contribution in [2.45, 2.75) is 37.1 Å². The Bertz CT molecular complexity index is 747. The molecular weight excluding hydrogens is 381 g/mol. The Labute approximate surface area is 146 Å². The molecule has 1 unspecified atom stereocenters. The Balaban J connectivity index is 1.83. The molecule has 0 fully saturated rings. The van der Waals surface area contributed by atoms with Gasteiger partial charge >= 0.3 is 0 Å². The number of carbonyl (C=O) groups is 1. The van der Waals surface area contributed by atoms with E-state index in [-0.39, 0.29) is 23.7 Å². The van der Waals surface area contributed by atoms with Crippen LogP contribution in [0.2, 0.25) is 0 Å². The number of rotatable bonds is 3. The second-order valence-electron chi connectivity index (χ2n) is 5.80. The number of amides is 1. The van der Waals surface area contributed by atoms with Gasteiger partial charge in [0.2, 0.25) is 0 Å². The average Bonchev–Trinajstić information content (AvgIpc) is 2.90. The van der Waals surface area contributed by atoms with E-state index in [2.05, 4.69) is 31.4 Å². The number of nitrogens with zero attached hydrogens (tertiary/aromatic N) is 1. The molecule has 2 N–H and O–H groups in total. The summed E-state index contributed by atoms with van der Waals surface area (Å²) in [7, 11) is 0. The van der Waals surface area contributed by atoms with E-state index in [1.54, 1.807) is 17.8 Å². The lowest BCUT2D eigenvalue weighted by Crippen LogP contribution is -2.31. The van der Waals surface area contributed by atoms with Crippen molar-refractivity contribution in [2.75, 3.05) is 5.75 Å².